The zero-order chi connectivity index (χ0) is 13.4. The highest BCUT2D eigenvalue weighted by Crippen LogP contribution is 2.34. The van der Waals surface area contributed by atoms with Gasteiger partial charge in [-0.15, -0.1) is 23.7 Å². The number of carbonyl (C=O) groups excluding carboxylic acids is 1. The van der Waals surface area contributed by atoms with Gasteiger partial charge in [-0.2, -0.15) is 0 Å². The van der Waals surface area contributed by atoms with Gasteiger partial charge in [-0.3, -0.25) is 4.79 Å². The van der Waals surface area contributed by atoms with Crippen molar-refractivity contribution in [1.29, 1.82) is 0 Å². The molecule has 1 saturated heterocycles. The summed E-state index contributed by atoms with van der Waals surface area (Å²) in [5, 5.41) is 2.08. The van der Waals surface area contributed by atoms with Gasteiger partial charge in [0.15, 0.2) is 0 Å². The second-order valence-electron chi connectivity index (χ2n) is 5.93. The molecule has 3 rings (SSSR count). The topological polar surface area (TPSA) is 46.3 Å². The third-order valence-electron chi connectivity index (χ3n) is 4.54. The molecule has 0 saturated carbocycles. The molecule has 0 radical (unpaired) electrons. The van der Waals surface area contributed by atoms with Crippen molar-refractivity contribution >= 4 is 29.7 Å². The number of hydrogen-bond donors (Lipinski definition) is 1. The van der Waals surface area contributed by atoms with Crippen molar-refractivity contribution in [3.8, 4) is 0 Å². The normalized spacial score (nSPS) is 25.2. The number of fused-ring (bicyclic) bond motifs is 1. The molecule has 20 heavy (non-hydrogen) atoms. The predicted molar refractivity (Wildman–Crippen MR) is 85.9 cm³/mol. The van der Waals surface area contributed by atoms with Crippen molar-refractivity contribution in [2.24, 2.45) is 11.7 Å². The molecule has 1 aromatic rings. The quantitative estimate of drug-likeness (QED) is 0.912. The van der Waals surface area contributed by atoms with E-state index in [0.717, 1.165) is 43.7 Å². The SMILES string of the molecule is CC1CCc2c(C(=O)N3CCCC3CN)csc2C1.Cl. The van der Waals surface area contributed by atoms with Gasteiger partial charge in [0, 0.05) is 29.4 Å². The average Bonchev–Trinajstić information content (AvgIpc) is 3.03. The van der Waals surface area contributed by atoms with E-state index in [0.29, 0.717) is 6.54 Å². The van der Waals surface area contributed by atoms with Crippen LogP contribution in [0.3, 0.4) is 0 Å². The molecular formula is C15H23ClN2OS. The summed E-state index contributed by atoms with van der Waals surface area (Å²) < 4.78 is 0. The molecule has 1 fully saturated rings. The van der Waals surface area contributed by atoms with E-state index in [2.05, 4.69) is 12.3 Å². The number of halogens is 1. The standard InChI is InChI=1S/C15H22N2OS.ClH/c1-10-4-5-12-13(9-19-14(12)7-10)15(18)17-6-2-3-11(17)8-16;/h9-11H,2-8,16H2,1H3;1H. The fraction of sp³-hybridized carbons (Fsp3) is 0.667. The molecule has 112 valence electrons. The lowest BCUT2D eigenvalue weighted by atomic mass is 9.88. The minimum atomic E-state index is 0. The zero-order valence-corrected chi connectivity index (χ0v) is 13.6. The number of thiophene rings is 1. The summed E-state index contributed by atoms with van der Waals surface area (Å²) in [6, 6.07) is 0.255. The van der Waals surface area contributed by atoms with E-state index in [9.17, 15) is 4.79 Å². The second kappa shape index (κ2) is 6.46. The number of rotatable bonds is 2. The van der Waals surface area contributed by atoms with Crippen LogP contribution in [-0.2, 0) is 12.8 Å². The molecular weight excluding hydrogens is 292 g/mol. The maximum Gasteiger partial charge on any atom is 0.255 e. The summed E-state index contributed by atoms with van der Waals surface area (Å²) >= 11 is 1.77. The maximum atomic E-state index is 12.7. The first-order valence-electron chi connectivity index (χ1n) is 7.31. The van der Waals surface area contributed by atoms with E-state index in [4.69, 9.17) is 5.73 Å². The molecule has 5 heteroatoms. The number of hydrogen-bond acceptors (Lipinski definition) is 3. The van der Waals surface area contributed by atoms with Crippen molar-refractivity contribution in [2.75, 3.05) is 13.1 Å². The smallest absolute Gasteiger partial charge is 0.255 e. The first-order chi connectivity index (χ1) is 9.20. The Bertz CT molecular complexity index is 488. The predicted octanol–water partition coefficient (Wildman–Crippen LogP) is 2.86. The van der Waals surface area contributed by atoms with Crippen LogP contribution in [0.1, 0.15) is 47.0 Å². The summed E-state index contributed by atoms with van der Waals surface area (Å²) in [6.45, 7) is 3.77. The minimum absolute atomic E-state index is 0. The molecule has 2 aliphatic rings. The lowest BCUT2D eigenvalue weighted by molar-refractivity contribution is 0.0740. The van der Waals surface area contributed by atoms with Crippen LogP contribution in [0, 0.1) is 5.92 Å². The summed E-state index contributed by atoms with van der Waals surface area (Å²) in [5.74, 6) is 0.984. The van der Waals surface area contributed by atoms with Crippen LogP contribution in [-0.4, -0.2) is 29.9 Å². The van der Waals surface area contributed by atoms with Gasteiger partial charge >= 0.3 is 0 Å². The van der Waals surface area contributed by atoms with Gasteiger partial charge in [0.05, 0.1) is 5.56 Å². The molecule has 2 atom stereocenters. The number of nitrogens with zero attached hydrogens (tertiary/aromatic N) is 1. The van der Waals surface area contributed by atoms with Crippen molar-refractivity contribution in [3.63, 3.8) is 0 Å². The highest BCUT2D eigenvalue weighted by Gasteiger charge is 2.31. The van der Waals surface area contributed by atoms with E-state index in [-0.39, 0.29) is 24.4 Å². The van der Waals surface area contributed by atoms with Gasteiger partial charge in [0.1, 0.15) is 0 Å². The summed E-state index contributed by atoms with van der Waals surface area (Å²) in [7, 11) is 0. The second-order valence-corrected chi connectivity index (χ2v) is 6.89. The Morgan fingerprint density at radius 2 is 2.30 bits per heavy atom. The average molecular weight is 315 g/mol. The van der Waals surface area contributed by atoms with Crippen LogP contribution in [0.25, 0.3) is 0 Å². The van der Waals surface area contributed by atoms with E-state index in [1.165, 1.54) is 16.9 Å². The van der Waals surface area contributed by atoms with Crippen LogP contribution < -0.4 is 5.73 Å². The molecule has 3 nitrogen and oxygen atoms in total. The Kier molecular flexibility index (Phi) is 5.10. The number of nitrogens with two attached hydrogens (primary N) is 1. The van der Waals surface area contributed by atoms with Crippen molar-refractivity contribution in [2.45, 2.75) is 45.1 Å². The van der Waals surface area contributed by atoms with Gasteiger partial charge in [0.2, 0.25) is 0 Å². The lowest BCUT2D eigenvalue weighted by Crippen LogP contribution is -2.40. The fourth-order valence-corrected chi connectivity index (χ4v) is 4.60. The monoisotopic (exact) mass is 314 g/mol. The van der Waals surface area contributed by atoms with Crippen LogP contribution in [0.15, 0.2) is 5.38 Å². The third kappa shape index (κ3) is 2.74. The summed E-state index contributed by atoms with van der Waals surface area (Å²) in [5.41, 5.74) is 8.07. The first-order valence-corrected chi connectivity index (χ1v) is 8.19. The van der Waals surface area contributed by atoms with Gasteiger partial charge in [-0.05, 0) is 43.6 Å². The van der Waals surface area contributed by atoms with Gasteiger partial charge in [-0.1, -0.05) is 6.92 Å². The highest BCUT2D eigenvalue weighted by atomic mass is 35.5. The Morgan fingerprint density at radius 1 is 1.50 bits per heavy atom. The molecule has 2 unspecified atom stereocenters. The zero-order valence-electron chi connectivity index (χ0n) is 11.9. The Morgan fingerprint density at radius 3 is 3.05 bits per heavy atom. The molecule has 2 heterocycles. The van der Waals surface area contributed by atoms with Crippen LogP contribution in [0.5, 0.6) is 0 Å². The number of likely N-dealkylation sites (tertiary alicyclic amines) is 1. The molecule has 1 amide bonds. The largest absolute Gasteiger partial charge is 0.334 e. The van der Waals surface area contributed by atoms with E-state index < -0.39 is 0 Å². The lowest BCUT2D eigenvalue weighted by Gasteiger charge is -2.25. The molecule has 0 bridgehead atoms. The third-order valence-corrected chi connectivity index (χ3v) is 5.59. The summed E-state index contributed by atoms with van der Waals surface area (Å²) in [4.78, 5) is 16.1. The van der Waals surface area contributed by atoms with E-state index in [1.807, 2.05) is 4.90 Å². The molecule has 1 aliphatic heterocycles. The molecule has 0 spiro atoms. The maximum absolute atomic E-state index is 12.7. The van der Waals surface area contributed by atoms with Crippen molar-refractivity contribution in [3.05, 3.63) is 21.4 Å². The Hall–Kier alpha value is -0.580. The van der Waals surface area contributed by atoms with E-state index >= 15 is 0 Å². The Labute approximate surface area is 130 Å². The summed E-state index contributed by atoms with van der Waals surface area (Å²) in [6.07, 6.45) is 5.59. The number of amides is 1. The molecule has 1 aliphatic carbocycles. The van der Waals surface area contributed by atoms with Gasteiger partial charge in [-0.25, -0.2) is 0 Å². The molecule has 0 aromatic carbocycles. The van der Waals surface area contributed by atoms with Crippen molar-refractivity contribution in [1.82, 2.24) is 4.90 Å². The minimum Gasteiger partial charge on any atom is -0.334 e. The van der Waals surface area contributed by atoms with Crippen LogP contribution in [0.2, 0.25) is 0 Å². The van der Waals surface area contributed by atoms with Gasteiger partial charge in [0.25, 0.3) is 5.91 Å². The number of carbonyl (C=O) groups is 1. The Balaban J connectivity index is 0.00000147. The van der Waals surface area contributed by atoms with Crippen molar-refractivity contribution < 1.29 is 4.79 Å². The highest BCUT2D eigenvalue weighted by molar-refractivity contribution is 7.10. The molecule has 2 N–H and O–H groups in total. The van der Waals surface area contributed by atoms with E-state index in [1.54, 1.807) is 11.3 Å². The fourth-order valence-electron chi connectivity index (χ4n) is 3.36. The molecule has 1 aromatic heterocycles. The van der Waals surface area contributed by atoms with Gasteiger partial charge < -0.3 is 10.6 Å². The first kappa shape index (κ1) is 15.8. The van der Waals surface area contributed by atoms with Crippen LogP contribution >= 0.6 is 23.7 Å². The van der Waals surface area contributed by atoms with Crippen LogP contribution in [0.4, 0.5) is 0 Å².